The average molecular weight is 396 g/mol. The Bertz CT molecular complexity index is 997. The number of amides is 1. The van der Waals surface area contributed by atoms with Crippen LogP contribution >= 0.6 is 11.3 Å². The van der Waals surface area contributed by atoms with Crippen molar-refractivity contribution in [1.82, 2.24) is 4.90 Å². The third kappa shape index (κ3) is 3.77. The van der Waals surface area contributed by atoms with Gasteiger partial charge < -0.3 is 14.5 Å². The molecule has 0 aliphatic carbocycles. The second-order valence-electron chi connectivity index (χ2n) is 7.65. The van der Waals surface area contributed by atoms with E-state index in [9.17, 15) is 4.79 Å². The normalized spacial score (nSPS) is 18.7. The van der Waals surface area contributed by atoms with Gasteiger partial charge in [-0.05, 0) is 52.9 Å². The molecule has 4 rings (SSSR count). The molecular weight excluding hydrogens is 368 g/mol. The number of ether oxygens (including phenoxy) is 1. The quantitative estimate of drug-likeness (QED) is 0.720. The summed E-state index contributed by atoms with van der Waals surface area (Å²) >= 11 is 1.84. The van der Waals surface area contributed by atoms with Gasteiger partial charge in [-0.2, -0.15) is 0 Å². The van der Waals surface area contributed by atoms with Crippen LogP contribution in [0.5, 0.6) is 5.75 Å². The molecule has 0 spiro atoms. The van der Waals surface area contributed by atoms with Crippen LogP contribution in [0.3, 0.4) is 0 Å². The number of quaternary nitrogens is 1. The SMILES string of the molecule is COc1ccc2cc(CN(C)C(=O)C[NH+]3CCc4sccc4[C@H]3C)ccc2c1. The number of nitrogens with one attached hydrogen (secondary N) is 1. The molecule has 1 unspecified atom stereocenters. The lowest BCUT2D eigenvalue weighted by Crippen LogP contribution is -3.14. The Labute approximate surface area is 170 Å². The van der Waals surface area contributed by atoms with Gasteiger partial charge in [0.1, 0.15) is 11.8 Å². The first kappa shape index (κ1) is 19.0. The Morgan fingerprint density at radius 2 is 2.00 bits per heavy atom. The van der Waals surface area contributed by atoms with Crippen molar-refractivity contribution < 1.29 is 14.4 Å². The van der Waals surface area contributed by atoms with Crippen LogP contribution in [-0.4, -0.2) is 38.1 Å². The lowest BCUT2D eigenvalue weighted by atomic mass is 10.0. The van der Waals surface area contributed by atoms with E-state index in [0.717, 1.165) is 29.7 Å². The summed E-state index contributed by atoms with van der Waals surface area (Å²) in [5.41, 5.74) is 2.57. The maximum atomic E-state index is 12.8. The second-order valence-corrected chi connectivity index (χ2v) is 8.65. The topological polar surface area (TPSA) is 34.0 Å². The molecule has 0 fully saturated rings. The second kappa shape index (κ2) is 7.94. The van der Waals surface area contributed by atoms with Crippen molar-refractivity contribution >= 4 is 28.0 Å². The summed E-state index contributed by atoms with van der Waals surface area (Å²) in [4.78, 5) is 17.6. The Hall–Kier alpha value is -2.37. The first-order valence-electron chi connectivity index (χ1n) is 9.76. The molecule has 2 aromatic carbocycles. The molecule has 0 saturated carbocycles. The summed E-state index contributed by atoms with van der Waals surface area (Å²) in [6, 6.07) is 15.0. The Morgan fingerprint density at radius 1 is 1.21 bits per heavy atom. The van der Waals surface area contributed by atoms with Crippen LogP contribution in [0.4, 0.5) is 0 Å². The fourth-order valence-electron chi connectivity index (χ4n) is 4.08. The molecule has 1 aliphatic heterocycles. The van der Waals surface area contributed by atoms with Gasteiger partial charge in [-0.25, -0.2) is 0 Å². The number of carbonyl (C=O) groups excluding carboxylic acids is 1. The van der Waals surface area contributed by atoms with Crippen LogP contribution in [0.15, 0.2) is 47.8 Å². The third-order valence-corrected chi connectivity index (χ3v) is 6.86. The molecule has 2 heterocycles. The highest BCUT2D eigenvalue weighted by molar-refractivity contribution is 7.10. The number of carbonyl (C=O) groups is 1. The Morgan fingerprint density at radius 3 is 2.82 bits per heavy atom. The van der Waals surface area contributed by atoms with Crippen molar-refractivity contribution in [2.24, 2.45) is 0 Å². The molecule has 2 atom stereocenters. The molecule has 1 aromatic heterocycles. The lowest BCUT2D eigenvalue weighted by Gasteiger charge is -2.31. The number of rotatable bonds is 5. The summed E-state index contributed by atoms with van der Waals surface area (Å²) in [7, 11) is 3.59. The van der Waals surface area contributed by atoms with E-state index in [2.05, 4.69) is 42.6 Å². The maximum absolute atomic E-state index is 12.8. The summed E-state index contributed by atoms with van der Waals surface area (Å²) in [5.74, 6) is 1.07. The van der Waals surface area contributed by atoms with Gasteiger partial charge in [0.2, 0.25) is 0 Å². The van der Waals surface area contributed by atoms with E-state index in [4.69, 9.17) is 4.74 Å². The zero-order valence-electron chi connectivity index (χ0n) is 16.7. The zero-order chi connectivity index (χ0) is 19.7. The standard InChI is InChI=1S/C23H26N2O2S/c1-16-21-9-11-28-22(21)8-10-25(16)15-23(26)24(2)14-17-4-5-19-13-20(27-3)7-6-18(19)12-17/h4-7,9,11-13,16H,8,10,14-15H2,1-3H3/p+1/t16-/m1/s1. The van der Waals surface area contributed by atoms with Crippen LogP contribution in [0.25, 0.3) is 10.8 Å². The van der Waals surface area contributed by atoms with Gasteiger partial charge in [0, 0.05) is 30.5 Å². The molecule has 146 valence electrons. The van der Waals surface area contributed by atoms with Crippen LogP contribution in [0.1, 0.15) is 29.0 Å². The predicted molar refractivity (Wildman–Crippen MR) is 114 cm³/mol. The highest BCUT2D eigenvalue weighted by Gasteiger charge is 2.30. The number of hydrogen-bond donors (Lipinski definition) is 1. The van der Waals surface area contributed by atoms with Gasteiger partial charge in [-0.1, -0.05) is 18.2 Å². The van der Waals surface area contributed by atoms with Gasteiger partial charge >= 0.3 is 0 Å². The number of hydrogen-bond acceptors (Lipinski definition) is 3. The minimum Gasteiger partial charge on any atom is -0.497 e. The minimum absolute atomic E-state index is 0.204. The molecular formula is C23H27N2O2S+. The van der Waals surface area contributed by atoms with Crippen molar-refractivity contribution in [3.8, 4) is 5.75 Å². The zero-order valence-corrected chi connectivity index (χ0v) is 17.5. The third-order valence-electron chi connectivity index (χ3n) is 5.87. The van der Waals surface area contributed by atoms with E-state index in [1.54, 1.807) is 7.11 Å². The smallest absolute Gasteiger partial charge is 0.277 e. The number of fused-ring (bicyclic) bond motifs is 2. The summed E-state index contributed by atoms with van der Waals surface area (Å²) in [5, 5.41) is 4.49. The summed E-state index contributed by atoms with van der Waals surface area (Å²) in [6.07, 6.45) is 1.08. The van der Waals surface area contributed by atoms with Crippen molar-refractivity contribution in [3.05, 3.63) is 63.8 Å². The molecule has 0 radical (unpaired) electrons. The van der Waals surface area contributed by atoms with Crippen molar-refractivity contribution in [3.63, 3.8) is 0 Å². The highest BCUT2D eigenvalue weighted by atomic mass is 32.1. The first-order valence-corrected chi connectivity index (χ1v) is 10.6. The molecule has 5 heteroatoms. The van der Waals surface area contributed by atoms with Crippen molar-refractivity contribution in [2.75, 3.05) is 27.2 Å². The average Bonchev–Trinajstić information content (AvgIpc) is 3.19. The van der Waals surface area contributed by atoms with E-state index in [0.29, 0.717) is 19.1 Å². The number of benzene rings is 2. The molecule has 1 N–H and O–H groups in total. The van der Waals surface area contributed by atoms with E-state index in [1.165, 1.54) is 20.7 Å². The van der Waals surface area contributed by atoms with Gasteiger partial charge in [0.15, 0.2) is 6.54 Å². The van der Waals surface area contributed by atoms with Crippen LogP contribution in [0.2, 0.25) is 0 Å². The predicted octanol–water partition coefficient (Wildman–Crippen LogP) is 3.07. The fourth-order valence-corrected chi connectivity index (χ4v) is 5.06. The Balaban J connectivity index is 1.41. The highest BCUT2D eigenvalue weighted by Crippen LogP contribution is 2.25. The minimum atomic E-state index is 0.204. The molecule has 28 heavy (non-hydrogen) atoms. The molecule has 1 aliphatic rings. The number of methoxy groups -OCH3 is 1. The lowest BCUT2D eigenvalue weighted by molar-refractivity contribution is -0.924. The van der Waals surface area contributed by atoms with Gasteiger partial charge in [-0.3, -0.25) is 4.79 Å². The first-order chi connectivity index (χ1) is 13.5. The Kier molecular flexibility index (Phi) is 5.38. The van der Waals surface area contributed by atoms with E-state index in [1.807, 2.05) is 35.4 Å². The van der Waals surface area contributed by atoms with Crippen molar-refractivity contribution in [2.45, 2.75) is 25.9 Å². The van der Waals surface area contributed by atoms with Crippen LogP contribution in [-0.2, 0) is 17.8 Å². The fraction of sp³-hybridized carbons (Fsp3) is 0.348. The molecule has 4 nitrogen and oxygen atoms in total. The van der Waals surface area contributed by atoms with Crippen molar-refractivity contribution in [1.29, 1.82) is 0 Å². The van der Waals surface area contributed by atoms with E-state index < -0.39 is 0 Å². The number of nitrogens with zero attached hydrogens (tertiary/aromatic N) is 1. The largest absolute Gasteiger partial charge is 0.497 e. The number of thiophene rings is 1. The van der Waals surface area contributed by atoms with E-state index in [-0.39, 0.29) is 5.91 Å². The molecule has 3 aromatic rings. The molecule has 0 saturated heterocycles. The number of likely N-dealkylation sites (N-methyl/N-ethyl adjacent to an activating group) is 1. The molecule has 1 amide bonds. The van der Waals surface area contributed by atoms with Crippen LogP contribution < -0.4 is 9.64 Å². The molecule has 0 bridgehead atoms. The van der Waals surface area contributed by atoms with Gasteiger partial charge in [0.05, 0.1) is 13.7 Å². The van der Waals surface area contributed by atoms with Crippen LogP contribution in [0, 0.1) is 0 Å². The monoisotopic (exact) mass is 395 g/mol. The van der Waals surface area contributed by atoms with Gasteiger partial charge in [0.25, 0.3) is 5.91 Å². The summed E-state index contributed by atoms with van der Waals surface area (Å²) < 4.78 is 5.29. The van der Waals surface area contributed by atoms with E-state index >= 15 is 0 Å². The van der Waals surface area contributed by atoms with Gasteiger partial charge in [-0.15, -0.1) is 11.3 Å². The maximum Gasteiger partial charge on any atom is 0.277 e. The summed E-state index contributed by atoms with van der Waals surface area (Å²) in [6.45, 7) is 4.46.